The van der Waals surface area contributed by atoms with E-state index in [-0.39, 0.29) is 23.2 Å². The van der Waals surface area contributed by atoms with Gasteiger partial charge in [0, 0.05) is 18.3 Å². The highest BCUT2D eigenvalue weighted by Crippen LogP contribution is 2.34. The molecule has 1 fully saturated rings. The summed E-state index contributed by atoms with van der Waals surface area (Å²) in [4.78, 5) is 22.6. The number of benzene rings is 1. The van der Waals surface area contributed by atoms with Gasteiger partial charge in [0.05, 0.1) is 5.56 Å². The Morgan fingerprint density at radius 1 is 1.18 bits per heavy atom. The van der Waals surface area contributed by atoms with Crippen LogP contribution in [0.4, 0.5) is 13.2 Å². The predicted molar refractivity (Wildman–Crippen MR) is 92.0 cm³/mol. The van der Waals surface area contributed by atoms with Crippen LogP contribution in [0.15, 0.2) is 53.2 Å². The molecule has 1 unspecified atom stereocenters. The smallest absolute Gasteiger partial charge is 0.337 e. The number of pyridine rings is 1. The van der Waals surface area contributed by atoms with Crippen LogP contribution in [0, 0.1) is 0 Å². The highest BCUT2D eigenvalue weighted by Gasteiger charge is 2.35. The molecule has 0 N–H and O–H groups in total. The summed E-state index contributed by atoms with van der Waals surface area (Å²) in [5.41, 5.74) is -0.276. The minimum atomic E-state index is -4.46. The number of aromatic nitrogens is 3. The summed E-state index contributed by atoms with van der Waals surface area (Å²) < 4.78 is 44.1. The highest BCUT2D eigenvalue weighted by molar-refractivity contribution is 5.92. The summed E-state index contributed by atoms with van der Waals surface area (Å²) in [6.07, 6.45) is -1.54. The molecule has 1 saturated heterocycles. The molecule has 1 aliphatic heterocycles. The van der Waals surface area contributed by atoms with Gasteiger partial charge >= 0.3 is 6.18 Å². The van der Waals surface area contributed by atoms with E-state index in [1.54, 1.807) is 23.1 Å². The van der Waals surface area contributed by atoms with Gasteiger partial charge in [0.2, 0.25) is 11.7 Å². The zero-order valence-electron chi connectivity index (χ0n) is 14.6. The summed E-state index contributed by atoms with van der Waals surface area (Å²) in [5.74, 6) is 0.00865. The van der Waals surface area contributed by atoms with Crippen LogP contribution in [0.5, 0.6) is 0 Å². The van der Waals surface area contributed by atoms with E-state index in [1.165, 1.54) is 18.3 Å². The fraction of sp³-hybridized carbons (Fsp3) is 0.263. The Kier molecular flexibility index (Phi) is 4.58. The minimum Gasteiger partial charge on any atom is -0.337 e. The van der Waals surface area contributed by atoms with E-state index >= 15 is 0 Å². The Hall–Kier alpha value is -3.23. The third-order valence-electron chi connectivity index (χ3n) is 4.57. The molecule has 0 bridgehead atoms. The molecule has 0 radical (unpaired) electrons. The van der Waals surface area contributed by atoms with Gasteiger partial charge in [-0.1, -0.05) is 23.4 Å². The molecule has 1 aliphatic rings. The summed E-state index contributed by atoms with van der Waals surface area (Å²) in [7, 11) is 0. The van der Waals surface area contributed by atoms with Crippen LogP contribution < -0.4 is 0 Å². The van der Waals surface area contributed by atoms with Gasteiger partial charge in [-0.3, -0.25) is 9.78 Å². The van der Waals surface area contributed by atoms with Crippen molar-refractivity contribution >= 4 is 5.91 Å². The van der Waals surface area contributed by atoms with Gasteiger partial charge in [0.1, 0.15) is 11.7 Å². The molecule has 144 valence electrons. The van der Waals surface area contributed by atoms with Crippen molar-refractivity contribution in [2.45, 2.75) is 25.1 Å². The third kappa shape index (κ3) is 3.47. The Morgan fingerprint density at radius 3 is 2.79 bits per heavy atom. The number of carbonyl (C=O) groups excluding carboxylic acids is 1. The fourth-order valence-electron chi connectivity index (χ4n) is 3.23. The minimum absolute atomic E-state index is 0.0539. The zero-order chi connectivity index (χ0) is 19.7. The van der Waals surface area contributed by atoms with Crippen molar-refractivity contribution in [3.63, 3.8) is 0 Å². The van der Waals surface area contributed by atoms with Gasteiger partial charge in [-0.05, 0) is 37.1 Å². The molecule has 0 saturated carbocycles. The topological polar surface area (TPSA) is 72.1 Å². The quantitative estimate of drug-likeness (QED) is 0.675. The van der Waals surface area contributed by atoms with E-state index in [0.29, 0.717) is 18.7 Å². The van der Waals surface area contributed by atoms with Gasteiger partial charge in [0.15, 0.2) is 0 Å². The normalized spacial score (nSPS) is 17.1. The van der Waals surface area contributed by atoms with Crippen LogP contribution in [0.25, 0.3) is 11.4 Å². The van der Waals surface area contributed by atoms with Gasteiger partial charge in [-0.15, -0.1) is 0 Å². The number of rotatable bonds is 3. The average Bonchev–Trinajstić information content (AvgIpc) is 3.37. The van der Waals surface area contributed by atoms with Gasteiger partial charge in [-0.2, -0.15) is 18.2 Å². The molecule has 1 amide bonds. The first-order valence-corrected chi connectivity index (χ1v) is 8.67. The molecule has 3 heterocycles. The molecule has 4 rings (SSSR count). The van der Waals surface area contributed by atoms with E-state index in [2.05, 4.69) is 15.1 Å². The Bertz CT molecular complexity index is 988. The maximum atomic E-state index is 12.9. The van der Waals surface area contributed by atoms with Crippen LogP contribution >= 0.6 is 0 Å². The molecule has 0 spiro atoms. The molecule has 1 atom stereocenters. The van der Waals surface area contributed by atoms with Crippen LogP contribution in [0.2, 0.25) is 0 Å². The Morgan fingerprint density at radius 2 is 2.04 bits per heavy atom. The molecule has 2 aromatic heterocycles. The van der Waals surface area contributed by atoms with Gasteiger partial charge in [-0.25, -0.2) is 0 Å². The van der Waals surface area contributed by atoms with E-state index < -0.39 is 17.8 Å². The molecule has 1 aromatic carbocycles. The lowest BCUT2D eigenvalue weighted by molar-refractivity contribution is -0.137. The van der Waals surface area contributed by atoms with Crippen molar-refractivity contribution in [3.8, 4) is 11.4 Å². The molecule has 9 heteroatoms. The highest BCUT2D eigenvalue weighted by atomic mass is 19.4. The Balaban J connectivity index is 1.60. The van der Waals surface area contributed by atoms with E-state index in [9.17, 15) is 18.0 Å². The summed E-state index contributed by atoms with van der Waals surface area (Å²) in [5, 5.41) is 3.81. The third-order valence-corrected chi connectivity index (χ3v) is 4.57. The predicted octanol–water partition coefficient (Wildman–Crippen LogP) is 4.13. The fourth-order valence-corrected chi connectivity index (χ4v) is 3.23. The second kappa shape index (κ2) is 7.06. The van der Waals surface area contributed by atoms with Crippen molar-refractivity contribution in [1.29, 1.82) is 0 Å². The SMILES string of the molecule is O=C(c1ccccn1)N1CCCC1c1nc(-c2cccc(C(F)(F)F)c2)no1. The monoisotopic (exact) mass is 388 g/mol. The van der Waals surface area contributed by atoms with Crippen LogP contribution in [0.3, 0.4) is 0 Å². The zero-order valence-corrected chi connectivity index (χ0v) is 14.6. The molecule has 0 aliphatic carbocycles. The summed E-state index contributed by atoms with van der Waals surface area (Å²) >= 11 is 0. The van der Waals surface area contributed by atoms with Crippen molar-refractivity contribution in [3.05, 3.63) is 65.8 Å². The first-order valence-electron chi connectivity index (χ1n) is 8.67. The number of hydrogen-bond donors (Lipinski definition) is 0. The molecule has 6 nitrogen and oxygen atoms in total. The maximum Gasteiger partial charge on any atom is 0.416 e. The first kappa shape index (κ1) is 18.1. The van der Waals surface area contributed by atoms with Crippen molar-refractivity contribution in [2.75, 3.05) is 6.54 Å². The lowest BCUT2D eigenvalue weighted by Crippen LogP contribution is -2.31. The summed E-state index contributed by atoms with van der Waals surface area (Å²) in [6.45, 7) is 0.515. The number of hydrogen-bond acceptors (Lipinski definition) is 5. The van der Waals surface area contributed by atoms with E-state index in [4.69, 9.17) is 4.52 Å². The van der Waals surface area contributed by atoms with Gasteiger partial charge in [0.25, 0.3) is 5.91 Å². The van der Waals surface area contributed by atoms with E-state index in [1.807, 2.05) is 0 Å². The lowest BCUT2D eigenvalue weighted by Gasteiger charge is -2.21. The lowest BCUT2D eigenvalue weighted by atomic mass is 10.1. The number of halogens is 3. The molecular formula is C19H15F3N4O2. The van der Waals surface area contributed by atoms with Crippen LogP contribution in [0.1, 0.15) is 40.8 Å². The molecule has 28 heavy (non-hydrogen) atoms. The standard InChI is InChI=1S/C19H15F3N4O2/c20-19(21,22)13-6-3-5-12(11-13)16-24-17(28-25-16)15-8-4-10-26(15)18(27)14-7-1-2-9-23-14/h1-3,5-7,9,11,15H,4,8,10H2. The van der Waals surface area contributed by atoms with Crippen LogP contribution in [-0.2, 0) is 6.18 Å². The molecule has 3 aromatic rings. The van der Waals surface area contributed by atoms with Crippen molar-refractivity contribution in [1.82, 2.24) is 20.0 Å². The number of carbonyl (C=O) groups is 1. The maximum absolute atomic E-state index is 12.9. The largest absolute Gasteiger partial charge is 0.416 e. The summed E-state index contributed by atoms with van der Waals surface area (Å²) in [6, 6.07) is 9.37. The average molecular weight is 388 g/mol. The van der Waals surface area contributed by atoms with Crippen LogP contribution in [-0.4, -0.2) is 32.5 Å². The first-order chi connectivity index (χ1) is 13.4. The number of amides is 1. The second-order valence-electron chi connectivity index (χ2n) is 6.41. The second-order valence-corrected chi connectivity index (χ2v) is 6.41. The Labute approximate surface area is 158 Å². The number of likely N-dealkylation sites (tertiary alicyclic amines) is 1. The molecular weight excluding hydrogens is 373 g/mol. The van der Waals surface area contributed by atoms with Gasteiger partial charge < -0.3 is 9.42 Å². The number of alkyl halides is 3. The number of nitrogens with zero attached hydrogens (tertiary/aromatic N) is 4. The van der Waals surface area contributed by atoms with E-state index in [0.717, 1.165) is 18.6 Å². The van der Waals surface area contributed by atoms with Crippen molar-refractivity contribution < 1.29 is 22.5 Å². The van der Waals surface area contributed by atoms with Crippen molar-refractivity contribution in [2.24, 2.45) is 0 Å².